The molecule has 3 fully saturated rings. The number of ether oxygens (including phenoxy) is 1. The summed E-state index contributed by atoms with van der Waals surface area (Å²) in [5, 5.41) is 39.0. The van der Waals surface area contributed by atoms with Crippen molar-refractivity contribution in [2.24, 2.45) is 17.8 Å². The van der Waals surface area contributed by atoms with Crippen molar-refractivity contribution in [2.75, 3.05) is 30.4 Å². The number of rotatable bonds is 10. The van der Waals surface area contributed by atoms with E-state index in [1.807, 2.05) is 26.0 Å². The maximum atomic E-state index is 11.3. The Kier molecular flexibility index (Phi) is 6.65. The Balaban J connectivity index is 1.35. The molecule has 0 saturated heterocycles. The summed E-state index contributed by atoms with van der Waals surface area (Å²) in [5.74, 6) is 2.76. The Hall–Kier alpha value is -2.95. The Labute approximate surface area is 221 Å². The van der Waals surface area contributed by atoms with Gasteiger partial charge in [-0.15, -0.1) is 0 Å². The third-order valence-electron chi connectivity index (χ3n) is 8.32. The van der Waals surface area contributed by atoms with Crippen molar-refractivity contribution in [3.8, 4) is 17.2 Å². The molecule has 0 amide bonds. The molecule has 204 valence electrons. The predicted molar refractivity (Wildman–Crippen MR) is 143 cm³/mol. The van der Waals surface area contributed by atoms with E-state index in [1.54, 1.807) is 0 Å². The predicted octanol–water partition coefficient (Wildman–Crippen LogP) is 3.77. The highest BCUT2D eigenvalue weighted by atomic mass is 16.5. The molecule has 0 radical (unpaired) electrons. The maximum absolute atomic E-state index is 11.3. The SMILES string of the molecule is Cc1nc(NCC2CC2)nc(N[C@@]2(O)CC[C@H](CO)[C@H]2O)c1-c1cc2cc(OCC3CCC3)nc(C)c2o1. The molecule has 0 aromatic carbocycles. The zero-order chi connectivity index (χ0) is 26.4. The van der Waals surface area contributed by atoms with Crippen LogP contribution >= 0.6 is 0 Å². The van der Waals surface area contributed by atoms with E-state index in [9.17, 15) is 15.3 Å². The van der Waals surface area contributed by atoms with Crippen LogP contribution < -0.4 is 15.4 Å². The largest absolute Gasteiger partial charge is 0.477 e. The number of pyridine rings is 1. The van der Waals surface area contributed by atoms with Crippen molar-refractivity contribution in [1.82, 2.24) is 15.0 Å². The van der Waals surface area contributed by atoms with Gasteiger partial charge in [0.1, 0.15) is 17.7 Å². The molecule has 10 nitrogen and oxygen atoms in total. The normalized spacial score (nSPS) is 25.5. The highest BCUT2D eigenvalue weighted by molar-refractivity contribution is 5.88. The van der Waals surface area contributed by atoms with Gasteiger partial charge in [0.2, 0.25) is 11.8 Å². The fourth-order valence-electron chi connectivity index (χ4n) is 5.47. The van der Waals surface area contributed by atoms with E-state index in [4.69, 9.17) is 14.1 Å². The molecule has 3 aliphatic carbocycles. The number of aliphatic hydroxyl groups excluding tert-OH is 2. The molecule has 0 bridgehead atoms. The first-order chi connectivity index (χ1) is 18.3. The van der Waals surface area contributed by atoms with Gasteiger partial charge in [-0.2, -0.15) is 4.98 Å². The van der Waals surface area contributed by atoms with Gasteiger partial charge in [0.25, 0.3) is 0 Å². The summed E-state index contributed by atoms with van der Waals surface area (Å²) in [6.07, 6.45) is 5.70. The molecule has 3 saturated carbocycles. The van der Waals surface area contributed by atoms with E-state index in [2.05, 4.69) is 20.6 Å². The average molecular weight is 524 g/mol. The highest BCUT2D eigenvalue weighted by Crippen LogP contribution is 2.41. The van der Waals surface area contributed by atoms with Crippen LogP contribution in [0.3, 0.4) is 0 Å². The van der Waals surface area contributed by atoms with Gasteiger partial charge in [0, 0.05) is 30.5 Å². The first-order valence-corrected chi connectivity index (χ1v) is 13.8. The van der Waals surface area contributed by atoms with Crippen molar-refractivity contribution in [3.63, 3.8) is 0 Å². The molecular weight excluding hydrogens is 486 g/mol. The third kappa shape index (κ3) is 4.92. The average Bonchev–Trinajstić information content (AvgIpc) is 3.52. The van der Waals surface area contributed by atoms with Crippen molar-refractivity contribution < 1.29 is 24.5 Å². The number of furan rings is 1. The summed E-state index contributed by atoms with van der Waals surface area (Å²) in [5.41, 5.74) is 1.01. The summed E-state index contributed by atoms with van der Waals surface area (Å²) in [4.78, 5) is 14.0. The van der Waals surface area contributed by atoms with Crippen molar-refractivity contribution in [2.45, 2.75) is 70.6 Å². The van der Waals surface area contributed by atoms with E-state index in [0.29, 0.717) is 65.1 Å². The van der Waals surface area contributed by atoms with E-state index >= 15 is 0 Å². The van der Waals surface area contributed by atoms with E-state index in [1.165, 1.54) is 32.1 Å². The fraction of sp³-hybridized carbons (Fsp3) is 0.607. The smallest absolute Gasteiger partial charge is 0.224 e. The molecule has 3 heterocycles. The van der Waals surface area contributed by atoms with Crippen LogP contribution in [0.5, 0.6) is 5.88 Å². The second-order valence-corrected chi connectivity index (χ2v) is 11.3. The minimum Gasteiger partial charge on any atom is -0.477 e. The van der Waals surface area contributed by atoms with E-state index in [-0.39, 0.29) is 13.0 Å². The van der Waals surface area contributed by atoms with Crippen molar-refractivity contribution in [3.05, 3.63) is 23.5 Å². The molecule has 3 aliphatic rings. The number of aliphatic hydroxyl groups is 3. The van der Waals surface area contributed by atoms with Crippen molar-refractivity contribution >= 4 is 22.7 Å². The minimum atomic E-state index is -1.64. The maximum Gasteiger partial charge on any atom is 0.224 e. The lowest BCUT2D eigenvalue weighted by Gasteiger charge is -2.31. The summed E-state index contributed by atoms with van der Waals surface area (Å²) in [6.45, 7) is 5.04. The van der Waals surface area contributed by atoms with E-state index < -0.39 is 17.7 Å². The number of nitrogens with one attached hydrogen (secondary N) is 2. The van der Waals surface area contributed by atoms with Crippen LogP contribution in [0.25, 0.3) is 22.3 Å². The monoisotopic (exact) mass is 523 g/mol. The summed E-state index contributed by atoms with van der Waals surface area (Å²) < 4.78 is 12.3. The van der Waals surface area contributed by atoms with Gasteiger partial charge in [-0.1, -0.05) is 6.42 Å². The second-order valence-electron chi connectivity index (χ2n) is 11.3. The van der Waals surface area contributed by atoms with Crippen LogP contribution in [0.4, 0.5) is 11.8 Å². The van der Waals surface area contributed by atoms with Gasteiger partial charge in [0.15, 0.2) is 11.3 Å². The molecule has 10 heteroatoms. The molecule has 3 aromatic heterocycles. The number of nitrogens with zero attached hydrogens (tertiary/aromatic N) is 3. The number of fused-ring (bicyclic) bond motifs is 1. The third-order valence-corrected chi connectivity index (χ3v) is 8.32. The van der Waals surface area contributed by atoms with Crippen molar-refractivity contribution in [1.29, 1.82) is 0 Å². The Bertz CT molecular complexity index is 1320. The second kappa shape index (κ2) is 9.98. The molecule has 6 rings (SSSR count). The van der Waals surface area contributed by atoms with Gasteiger partial charge >= 0.3 is 0 Å². The van der Waals surface area contributed by atoms with Gasteiger partial charge < -0.3 is 35.1 Å². The standard InChI is InChI=1S/C28H37N5O5/c1-15-23(21-10-20-11-22(30-16(2)24(20)38-21)37-14-18-4-3-5-18)26(32-27(31-15)29-12-17-6-7-17)33-28(36)9-8-19(13-34)25(28)35/h10-11,17-19,25,34-36H,3-9,12-14H2,1-2H3,(H2,29,31,32,33)/t19-,25-,28-/m1/s1. The molecule has 0 aliphatic heterocycles. The highest BCUT2D eigenvalue weighted by Gasteiger charge is 2.47. The molecule has 0 spiro atoms. The van der Waals surface area contributed by atoms with Crippen LogP contribution in [-0.2, 0) is 0 Å². The quantitative estimate of drug-likeness (QED) is 0.249. The van der Waals surface area contributed by atoms with Gasteiger partial charge in [-0.3, -0.25) is 0 Å². The van der Waals surface area contributed by atoms with Crippen LogP contribution in [0.2, 0.25) is 0 Å². The van der Waals surface area contributed by atoms with Crippen LogP contribution in [-0.4, -0.2) is 61.9 Å². The Morgan fingerprint density at radius 3 is 2.55 bits per heavy atom. The molecule has 0 unspecified atom stereocenters. The summed E-state index contributed by atoms with van der Waals surface area (Å²) >= 11 is 0. The lowest BCUT2D eigenvalue weighted by atomic mass is 9.86. The first kappa shape index (κ1) is 25.3. The molecule has 38 heavy (non-hydrogen) atoms. The first-order valence-electron chi connectivity index (χ1n) is 13.8. The number of aryl methyl sites for hydroxylation is 2. The fourth-order valence-corrected chi connectivity index (χ4v) is 5.47. The molecule has 3 aromatic rings. The number of anilines is 2. The molecule has 5 N–H and O–H groups in total. The van der Waals surface area contributed by atoms with Crippen LogP contribution in [0, 0.1) is 31.6 Å². The van der Waals surface area contributed by atoms with Gasteiger partial charge in [-0.25, -0.2) is 9.97 Å². The van der Waals surface area contributed by atoms with E-state index in [0.717, 1.165) is 17.6 Å². The number of hydrogen-bond donors (Lipinski definition) is 5. The van der Waals surface area contributed by atoms with Gasteiger partial charge in [-0.05, 0) is 70.3 Å². The Morgan fingerprint density at radius 2 is 1.87 bits per heavy atom. The zero-order valence-corrected chi connectivity index (χ0v) is 22.0. The lowest BCUT2D eigenvalue weighted by Crippen LogP contribution is -2.48. The van der Waals surface area contributed by atoms with Gasteiger partial charge in [0.05, 0.1) is 23.6 Å². The van der Waals surface area contributed by atoms with Crippen LogP contribution in [0.15, 0.2) is 16.5 Å². The summed E-state index contributed by atoms with van der Waals surface area (Å²) in [6, 6.07) is 3.81. The topological polar surface area (TPSA) is 146 Å². The number of hydrogen-bond acceptors (Lipinski definition) is 10. The minimum absolute atomic E-state index is 0.198. The molecule has 3 atom stereocenters. The zero-order valence-electron chi connectivity index (χ0n) is 22.0. The Morgan fingerprint density at radius 1 is 1.05 bits per heavy atom. The molecular formula is C28H37N5O5. The van der Waals surface area contributed by atoms with Crippen LogP contribution in [0.1, 0.15) is 56.3 Å². The summed E-state index contributed by atoms with van der Waals surface area (Å²) in [7, 11) is 0. The lowest BCUT2D eigenvalue weighted by molar-refractivity contribution is -0.0545. The number of aromatic nitrogens is 3.